The lowest BCUT2D eigenvalue weighted by atomic mass is 10.0. The van der Waals surface area contributed by atoms with E-state index in [4.69, 9.17) is 5.73 Å². The first-order chi connectivity index (χ1) is 8.87. The summed E-state index contributed by atoms with van der Waals surface area (Å²) in [4.78, 5) is 19.1. The SMILES string of the molecule is CS(=O)(=O)/C=C/[C@@H](c1ncc(C(N)=O)cn1)C1CC1. The number of hydrogen-bond donors (Lipinski definition) is 1. The lowest BCUT2D eigenvalue weighted by molar-refractivity contribution is 0.0999. The average molecular weight is 281 g/mol. The molecule has 0 unspecified atom stereocenters. The van der Waals surface area contributed by atoms with E-state index in [9.17, 15) is 13.2 Å². The number of carbonyl (C=O) groups excluding carboxylic acids is 1. The second-order valence-electron chi connectivity index (χ2n) is 4.72. The van der Waals surface area contributed by atoms with Gasteiger partial charge in [0, 0.05) is 30.0 Å². The van der Waals surface area contributed by atoms with E-state index in [1.165, 1.54) is 17.8 Å². The van der Waals surface area contributed by atoms with E-state index in [2.05, 4.69) is 9.97 Å². The molecule has 1 aromatic rings. The van der Waals surface area contributed by atoms with E-state index in [-0.39, 0.29) is 11.5 Å². The Kier molecular flexibility index (Phi) is 3.66. The predicted octanol–water partition coefficient (Wildman–Crippen LogP) is 0.627. The molecule has 1 heterocycles. The van der Waals surface area contributed by atoms with E-state index in [1.807, 2.05) is 0 Å². The van der Waals surface area contributed by atoms with Crippen LogP contribution in [0.2, 0.25) is 0 Å². The number of aromatic nitrogens is 2. The fourth-order valence-corrected chi connectivity index (χ4v) is 2.23. The molecule has 0 radical (unpaired) electrons. The fourth-order valence-electron chi connectivity index (χ4n) is 1.77. The molecule has 2 rings (SSSR count). The van der Waals surface area contributed by atoms with Crippen molar-refractivity contribution < 1.29 is 13.2 Å². The van der Waals surface area contributed by atoms with Crippen molar-refractivity contribution in [2.24, 2.45) is 11.7 Å². The van der Waals surface area contributed by atoms with Gasteiger partial charge in [0.15, 0.2) is 9.84 Å². The minimum absolute atomic E-state index is 0.128. The topological polar surface area (TPSA) is 103 Å². The first kappa shape index (κ1) is 13.7. The van der Waals surface area contributed by atoms with Gasteiger partial charge in [-0.2, -0.15) is 0 Å². The molecule has 1 aromatic heterocycles. The third-order valence-corrected chi connectivity index (χ3v) is 3.57. The number of rotatable bonds is 5. The molecule has 2 N–H and O–H groups in total. The summed E-state index contributed by atoms with van der Waals surface area (Å²) in [7, 11) is -3.16. The van der Waals surface area contributed by atoms with Crippen molar-refractivity contribution in [3.63, 3.8) is 0 Å². The van der Waals surface area contributed by atoms with Gasteiger partial charge in [-0.1, -0.05) is 6.08 Å². The highest BCUT2D eigenvalue weighted by atomic mass is 32.2. The summed E-state index contributed by atoms with van der Waals surface area (Å²) < 4.78 is 22.3. The predicted molar refractivity (Wildman–Crippen MR) is 70.0 cm³/mol. The highest BCUT2D eigenvalue weighted by Gasteiger charge is 2.32. The Morgan fingerprint density at radius 1 is 1.42 bits per heavy atom. The number of hydrogen-bond acceptors (Lipinski definition) is 5. The molecule has 0 bridgehead atoms. The van der Waals surface area contributed by atoms with E-state index in [1.54, 1.807) is 6.08 Å². The zero-order valence-electron chi connectivity index (χ0n) is 10.5. The van der Waals surface area contributed by atoms with Gasteiger partial charge in [0.1, 0.15) is 5.82 Å². The Morgan fingerprint density at radius 2 is 2.00 bits per heavy atom. The van der Waals surface area contributed by atoms with Crippen LogP contribution in [0.5, 0.6) is 0 Å². The Hall–Kier alpha value is -1.76. The van der Waals surface area contributed by atoms with Crippen molar-refractivity contribution in [2.75, 3.05) is 6.26 Å². The minimum Gasteiger partial charge on any atom is -0.366 e. The monoisotopic (exact) mass is 281 g/mol. The Balaban J connectivity index is 2.24. The normalized spacial score (nSPS) is 17.5. The van der Waals surface area contributed by atoms with Crippen molar-refractivity contribution in [3.05, 3.63) is 35.3 Å². The van der Waals surface area contributed by atoms with Crippen LogP contribution in [0, 0.1) is 5.92 Å². The van der Waals surface area contributed by atoms with Crippen LogP contribution < -0.4 is 5.73 Å². The number of sulfone groups is 1. The average Bonchev–Trinajstić information content (AvgIpc) is 3.13. The summed E-state index contributed by atoms with van der Waals surface area (Å²) in [5.74, 6) is 0.183. The first-order valence-electron chi connectivity index (χ1n) is 5.87. The van der Waals surface area contributed by atoms with Crippen molar-refractivity contribution >= 4 is 15.7 Å². The largest absolute Gasteiger partial charge is 0.366 e. The molecule has 1 amide bonds. The maximum atomic E-state index is 11.2. The molecule has 1 fully saturated rings. The number of nitrogens with zero attached hydrogens (tertiary/aromatic N) is 2. The van der Waals surface area contributed by atoms with E-state index in [0.717, 1.165) is 19.1 Å². The van der Waals surface area contributed by atoms with Crippen LogP contribution in [0.1, 0.15) is 34.9 Å². The quantitative estimate of drug-likeness (QED) is 0.852. The van der Waals surface area contributed by atoms with Crippen LogP contribution in [0.25, 0.3) is 0 Å². The van der Waals surface area contributed by atoms with Gasteiger partial charge in [0.2, 0.25) is 0 Å². The van der Waals surface area contributed by atoms with Crippen LogP contribution in [0.3, 0.4) is 0 Å². The molecule has 0 saturated heterocycles. The molecule has 0 aromatic carbocycles. The van der Waals surface area contributed by atoms with Gasteiger partial charge in [-0.15, -0.1) is 0 Å². The summed E-state index contributed by atoms with van der Waals surface area (Å²) in [5.41, 5.74) is 5.36. The van der Waals surface area contributed by atoms with Gasteiger partial charge in [-0.05, 0) is 18.8 Å². The summed E-state index contributed by atoms with van der Waals surface area (Å²) >= 11 is 0. The Labute approximate surface area is 111 Å². The second-order valence-corrected chi connectivity index (χ2v) is 6.65. The molecular formula is C12H15N3O3S. The maximum Gasteiger partial charge on any atom is 0.251 e. The van der Waals surface area contributed by atoms with E-state index in [0.29, 0.717) is 11.7 Å². The maximum absolute atomic E-state index is 11.2. The summed E-state index contributed by atoms with van der Waals surface area (Å²) in [6.45, 7) is 0. The van der Waals surface area contributed by atoms with Crippen molar-refractivity contribution in [1.82, 2.24) is 9.97 Å². The third kappa shape index (κ3) is 3.85. The molecule has 102 valence electrons. The lowest BCUT2D eigenvalue weighted by Gasteiger charge is -2.09. The van der Waals surface area contributed by atoms with Gasteiger partial charge in [0.25, 0.3) is 5.91 Å². The van der Waals surface area contributed by atoms with Crippen molar-refractivity contribution in [2.45, 2.75) is 18.8 Å². The van der Waals surface area contributed by atoms with Gasteiger partial charge in [-0.3, -0.25) is 4.79 Å². The summed E-state index contributed by atoms with van der Waals surface area (Å²) in [6.07, 6.45) is 7.55. The summed E-state index contributed by atoms with van der Waals surface area (Å²) in [5, 5.41) is 1.18. The molecule has 1 atom stereocenters. The van der Waals surface area contributed by atoms with E-state index >= 15 is 0 Å². The zero-order chi connectivity index (χ0) is 14.0. The molecule has 7 heteroatoms. The lowest BCUT2D eigenvalue weighted by Crippen LogP contribution is -2.13. The molecule has 6 nitrogen and oxygen atoms in total. The minimum atomic E-state index is -3.16. The number of carbonyl (C=O) groups is 1. The summed E-state index contributed by atoms with van der Waals surface area (Å²) in [6, 6.07) is 0. The highest BCUT2D eigenvalue weighted by molar-refractivity contribution is 7.93. The molecule has 1 saturated carbocycles. The molecule has 0 spiro atoms. The van der Waals surface area contributed by atoms with Gasteiger partial charge < -0.3 is 5.73 Å². The molecule has 1 aliphatic rings. The van der Waals surface area contributed by atoms with Gasteiger partial charge in [-0.25, -0.2) is 18.4 Å². The van der Waals surface area contributed by atoms with Crippen molar-refractivity contribution in [3.8, 4) is 0 Å². The standard InChI is InChI=1S/C12H15N3O3S/c1-19(17,18)5-4-10(8-2-3-8)12-14-6-9(7-15-12)11(13)16/h4-8,10H,2-3H2,1H3,(H2,13,16)/b5-4+/t10-/m1/s1. The van der Waals surface area contributed by atoms with Gasteiger partial charge >= 0.3 is 0 Å². The molecule has 19 heavy (non-hydrogen) atoms. The van der Waals surface area contributed by atoms with Crippen LogP contribution in [-0.4, -0.2) is 30.5 Å². The van der Waals surface area contributed by atoms with Crippen molar-refractivity contribution in [1.29, 1.82) is 0 Å². The molecule has 0 aliphatic heterocycles. The van der Waals surface area contributed by atoms with Crippen LogP contribution in [0.4, 0.5) is 0 Å². The van der Waals surface area contributed by atoms with Gasteiger partial charge in [0.05, 0.1) is 5.56 Å². The number of amides is 1. The molecular weight excluding hydrogens is 266 g/mol. The smallest absolute Gasteiger partial charge is 0.251 e. The zero-order valence-corrected chi connectivity index (χ0v) is 11.3. The first-order valence-corrected chi connectivity index (χ1v) is 7.82. The third-order valence-electron chi connectivity index (χ3n) is 2.92. The van der Waals surface area contributed by atoms with Crippen LogP contribution >= 0.6 is 0 Å². The Bertz CT molecular complexity index is 604. The Morgan fingerprint density at radius 3 is 2.42 bits per heavy atom. The number of primary amides is 1. The van der Waals surface area contributed by atoms with Crippen LogP contribution in [-0.2, 0) is 9.84 Å². The second kappa shape index (κ2) is 5.08. The van der Waals surface area contributed by atoms with Crippen LogP contribution in [0.15, 0.2) is 23.9 Å². The molecule has 1 aliphatic carbocycles. The number of nitrogens with two attached hydrogens (primary N) is 1. The van der Waals surface area contributed by atoms with E-state index < -0.39 is 15.7 Å². The highest BCUT2D eigenvalue weighted by Crippen LogP contribution is 2.42. The fraction of sp³-hybridized carbons (Fsp3) is 0.417. The number of allylic oxidation sites excluding steroid dienone is 1.